The number of anilines is 1. The van der Waals surface area contributed by atoms with Crippen LogP contribution in [0.2, 0.25) is 0 Å². The molecule has 2 aliphatic rings. The molecule has 2 aromatic rings. The number of benzene rings is 2. The van der Waals surface area contributed by atoms with E-state index in [4.69, 9.17) is 0 Å². The minimum Gasteiger partial charge on any atom is -0.388 e. The molecule has 0 unspecified atom stereocenters. The van der Waals surface area contributed by atoms with Crippen LogP contribution in [0.25, 0.3) is 17.2 Å². The maximum Gasteiger partial charge on any atom is 0.150 e. The quantitative estimate of drug-likeness (QED) is 0.331. The number of halogens is 1. The number of nitrogens with zero attached hydrogens (tertiary/aromatic N) is 1. The van der Waals surface area contributed by atoms with E-state index in [1.807, 2.05) is 13.1 Å². The zero-order valence-electron chi connectivity index (χ0n) is 18.5. The molecule has 0 atom stereocenters. The van der Waals surface area contributed by atoms with Crippen LogP contribution in [0.15, 0.2) is 47.0 Å². The molecule has 1 aliphatic carbocycles. The van der Waals surface area contributed by atoms with Gasteiger partial charge >= 0.3 is 0 Å². The first kappa shape index (κ1) is 21.2. The third-order valence-electron chi connectivity index (χ3n) is 6.51. The lowest BCUT2D eigenvalue weighted by Gasteiger charge is -2.21. The van der Waals surface area contributed by atoms with E-state index in [1.165, 1.54) is 47.2 Å². The smallest absolute Gasteiger partial charge is 0.150 e. The van der Waals surface area contributed by atoms with Crippen molar-refractivity contribution in [1.82, 2.24) is 0 Å². The monoisotopic (exact) mass is 416 g/mol. The molecule has 1 saturated carbocycles. The third kappa shape index (κ3) is 4.25. The second kappa shape index (κ2) is 9.01. The van der Waals surface area contributed by atoms with Crippen LogP contribution in [0.5, 0.6) is 0 Å². The Morgan fingerprint density at radius 1 is 1.13 bits per heavy atom. The number of hydrogen-bond acceptors (Lipinski definition) is 3. The lowest BCUT2D eigenvalue weighted by molar-refractivity contribution is -0.103. The maximum absolute atomic E-state index is 13.4. The summed E-state index contributed by atoms with van der Waals surface area (Å²) < 4.78 is 13.4. The molecule has 0 radical (unpaired) electrons. The minimum atomic E-state index is -0.307. The van der Waals surface area contributed by atoms with E-state index in [0.29, 0.717) is 11.5 Å². The number of nitrogens with one attached hydrogen (secondary N) is 1. The van der Waals surface area contributed by atoms with Gasteiger partial charge in [0.1, 0.15) is 5.82 Å². The van der Waals surface area contributed by atoms with Gasteiger partial charge in [-0.2, -0.15) is 0 Å². The molecule has 160 valence electrons. The van der Waals surface area contributed by atoms with Crippen molar-refractivity contribution < 1.29 is 9.18 Å². The molecule has 1 N–H and O–H groups in total. The number of carbonyl (C=O) groups excluding carboxylic acids is 1. The fourth-order valence-corrected chi connectivity index (χ4v) is 4.91. The molecule has 0 amide bonds. The SMILES string of the molecule is CNc1cc(C2=C(C)CN=C2C)cc(C2CCCC2)c1/C=C(\C=O)c1ccc(F)cc1. The summed E-state index contributed by atoms with van der Waals surface area (Å²) in [5, 5.41) is 3.36. The van der Waals surface area contributed by atoms with Gasteiger partial charge in [0.25, 0.3) is 0 Å². The molecule has 4 heteroatoms. The topological polar surface area (TPSA) is 41.5 Å². The molecule has 0 saturated heterocycles. The van der Waals surface area contributed by atoms with Crippen molar-refractivity contribution in [3.05, 3.63) is 70.0 Å². The van der Waals surface area contributed by atoms with Crippen molar-refractivity contribution in [3.63, 3.8) is 0 Å². The summed E-state index contributed by atoms with van der Waals surface area (Å²) in [6.07, 6.45) is 7.60. The summed E-state index contributed by atoms with van der Waals surface area (Å²) in [7, 11) is 1.92. The maximum atomic E-state index is 13.4. The van der Waals surface area contributed by atoms with Crippen molar-refractivity contribution in [2.24, 2.45) is 4.99 Å². The summed E-state index contributed by atoms with van der Waals surface area (Å²) in [5.74, 6) is 0.164. The number of allylic oxidation sites excluding steroid dienone is 2. The van der Waals surface area contributed by atoms with Gasteiger partial charge in [-0.05, 0) is 79.1 Å². The van der Waals surface area contributed by atoms with E-state index < -0.39 is 0 Å². The van der Waals surface area contributed by atoms with E-state index in [2.05, 4.69) is 36.3 Å². The first-order valence-electron chi connectivity index (χ1n) is 11.0. The molecule has 1 fully saturated rings. The Kier molecular flexibility index (Phi) is 6.17. The summed E-state index contributed by atoms with van der Waals surface area (Å²) in [5.41, 5.74) is 9.40. The number of aldehydes is 1. The fraction of sp³-hybridized carbons (Fsp3) is 0.333. The van der Waals surface area contributed by atoms with Crippen LogP contribution in [0.4, 0.5) is 10.1 Å². The lowest BCUT2D eigenvalue weighted by Crippen LogP contribution is -2.05. The van der Waals surface area contributed by atoms with Crippen LogP contribution in [0.3, 0.4) is 0 Å². The first-order chi connectivity index (χ1) is 15.0. The average Bonchev–Trinajstić information content (AvgIpc) is 3.42. The van der Waals surface area contributed by atoms with Crippen molar-refractivity contribution in [3.8, 4) is 0 Å². The molecule has 0 spiro atoms. The van der Waals surface area contributed by atoms with Gasteiger partial charge in [0.05, 0.1) is 6.54 Å². The molecule has 1 heterocycles. The second-order valence-corrected chi connectivity index (χ2v) is 8.54. The van der Waals surface area contributed by atoms with Gasteiger partial charge in [-0.25, -0.2) is 4.39 Å². The molecular weight excluding hydrogens is 387 g/mol. The number of aliphatic imine (C=N–C) groups is 1. The number of carbonyl (C=O) groups is 1. The first-order valence-corrected chi connectivity index (χ1v) is 11.0. The van der Waals surface area contributed by atoms with Gasteiger partial charge in [-0.3, -0.25) is 9.79 Å². The molecule has 0 bridgehead atoms. The highest BCUT2D eigenvalue weighted by Crippen LogP contribution is 2.42. The van der Waals surface area contributed by atoms with Gasteiger partial charge in [-0.1, -0.05) is 31.0 Å². The van der Waals surface area contributed by atoms with Gasteiger partial charge in [-0.15, -0.1) is 0 Å². The highest BCUT2D eigenvalue weighted by atomic mass is 19.1. The van der Waals surface area contributed by atoms with Gasteiger partial charge in [0.15, 0.2) is 6.29 Å². The van der Waals surface area contributed by atoms with Crippen molar-refractivity contribution >= 4 is 34.9 Å². The molecule has 1 aliphatic heterocycles. The van der Waals surface area contributed by atoms with Crippen molar-refractivity contribution in [2.75, 3.05) is 18.9 Å². The normalized spacial score (nSPS) is 17.3. The fourth-order valence-electron chi connectivity index (χ4n) is 4.91. The Morgan fingerprint density at radius 3 is 2.42 bits per heavy atom. The summed E-state index contributed by atoms with van der Waals surface area (Å²) >= 11 is 0. The van der Waals surface area contributed by atoms with E-state index in [-0.39, 0.29) is 5.82 Å². The number of hydrogen-bond donors (Lipinski definition) is 1. The van der Waals surface area contributed by atoms with Crippen LogP contribution in [-0.2, 0) is 4.79 Å². The summed E-state index contributed by atoms with van der Waals surface area (Å²) in [4.78, 5) is 16.6. The largest absolute Gasteiger partial charge is 0.388 e. The Labute approximate surface area is 183 Å². The summed E-state index contributed by atoms with van der Waals surface area (Å²) in [6, 6.07) is 10.6. The Balaban J connectivity index is 1.90. The van der Waals surface area contributed by atoms with Crippen LogP contribution >= 0.6 is 0 Å². The molecule has 4 rings (SSSR count). The van der Waals surface area contributed by atoms with E-state index in [1.54, 1.807) is 12.1 Å². The standard InChI is InChI=1S/C27H29FN2O/c1-17-15-30-18(2)27(17)21-12-24(20-6-4-5-7-20)25(26(14-21)29-3)13-22(16-31)19-8-10-23(28)11-9-19/h8-14,16,20,29H,4-7,15H2,1-3H3/b22-13+. The highest BCUT2D eigenvalue weighted by Gasteiger charge is 2.24. The Morgan fingerprint density at radius 2 is 1.84 bits per heavy atom. The number of rotatable bonds is 6. The van der Waals surface area contributed by atoms with E-state index >= 15 is 0 Å². The van der Waals surface area contributed by atoms with Crippen LogP contribution < -0.4 is 5.32 Å². The third-order valence-corrected chi connectivity index (χ3v) is 6.51. The van der Waals surface area contributed by atoms with E-state index in [9.17, 15) is 9.18 Å². The lowest BCUT2D eigenvalue weighted by atomic mass is 9.86. The van der Waals surface area contributed by atoms with E-state index in [0.717, 1.165) is 48.2 Å². The van der Waals surface area contributed by atoms with Crippen molar-refractivity contribution in [2.45, 2.75) is 45.4 Å². The molecule has 0 aromatic heterocycles. The second-order valence-electron chi connectivity index (χ2n) is 8.54. The molecule has 31 heavy (non-hydrogen) atoms. The zero-order valence-corrected chi connectivity index (χ0v) is 18.5. The minimum absolute atomic E-state index is 0.307. The Hall–Kier alpha value is -3.01. The molecular formula is C27H29FN2O. The zero-order chi connectivity index (χ0) is 22.0. The van der Waals surface area contributed by atoms with Gasteiger partial charge in [0.2, 0.25) is 0 Å². The van der Waals surface area contributed by atoms with Gasteiger partial charge in [0, 0.05) is 35.2 Å². The van der Waals surface area contributed by atoms with Crippen molar-refractivity contribution in [1.29, 1.82) is 0 Å². The summed E-state index contributed by atoms with van der Waals surface area (Å²) in [6.45, 7) is 4.99. The predicted octanol–water partition coefficient (Wildman–Crippen LogP) is 6.51. The predicted molar refractivity (Wildman–Crippen MR) is 128 cm³/mol. The Bertz CT molecular complexity index is 1090. The molecule has 2 aromatic carbocycles. The highest BCUT2D eigenvalue weighted by molar-refractivity contribution is 6.25. The van der Waals surface area contributed by atoms with Crippen LogP contribution in [0, 0.1) is 5.82 Å². The van der Waals surface area contributed by atoms with Gasteiger partial charge < -0.3 is 5.32 Å². The average molecular weight is 417 g/mol. The van der Waals surface area contributed by atoms with Crippen LogP contribution in [0.1, 0.15) is 67.7 Å². The van der Waals surface area contributed by atoms with Crippen LogP contribution in [-0.4, -0.2) is 25.6 Å². The molecule has 3 nitrogen and oxygen atoms in total.